The summed E-state index contributed by atoms with van der Waals surface area (Å²) in [7, 11) is 0. The summed E-state index contributed by atoms with van der Waals surface area (Å²) in [6.07, 6.45) is 6.13. The molecule has 0 amide bonds. The van der Waals surface area contributed by atoms with E-state index in [1.54, 1.807) is 0 Å². The van der Waals surface area contributed by atoms with Crippen LogP contribution >= 0.6 is 0 Å². The number of hydrogen-bond donors (Lipinski definition) is 0. The summed E-state index contributed by atoms with van der Waals surface area (Å²) >= 11 is 0. The van der Waals surface area contributed by atoms with Crippen LogP contribution in [0.5, 0.6) is 0 Å². The van der Waals surface area contributed by atoms with Gasteiger partial charge in [-0.1, -0.05) is 30.4 Å². The molecule has 0 unspecified atom stereocenters. The van der Waals surface area contributed by atoms with Crippen LogP contribution in [0.3, 0.4) is 0 Å². The van der Waals surface area contributed by atoms with Crippen molar-refractivity contribution in [3.05, 3.63) is 54.1 Å². The summed E-state index contributed by atoms with van der Waals surface area (Å²) in [6, 6.07) is 10.0. The van der Waals surface area contributed by atoms with Gasteiger partial charge in [0.1, 0.15) is 0 Å². The molecule has 0 radical (unpaired) electrons. The average molecular weight is 169 g/mol. The van der Waals surface area contributed by atoms with Crippen molar-refractivity contribution in [1.29, 1.82) is 0 Å². The molecule has 1 aromatic carbocycles. The summed E-state index contributed by atoms with van der Waals surface area (Å²) in [5.74, 6) is 0. The molecule has 1 aromatic rings. The van der Waals surface area contributed by atoms with Gasteiger partial charge in [0.2, 0.25) is 0 Å². The highest BCUT2D eigenvalue weighted by molar-refractivity contribution is 6.11. The number of allylic oxidation sites excluding steroid dienone is 4. The Morgan fingerprint density at radius 2 is 1.85 bits per heavy atom. The first-order valence-electron chi connectivity index (χ1n) is 4.35. The second kappa shape index (κ2) is 3.40. The predicted octanol–water partition coefficient (Wildman–Crippen LogP) is 3.28. The molecule has 0 spiro atoms. The van der Waals surface area contributed by atoms with Crippen LogP contribution in [0.4, 0.5) is 5.69 Å². The van der Waals surface area contributed by atoms with E-state index in [2.05, 4.69) is 18.0 Å². The van der Waals surface area contributed by atoms with Crippen LogP contribution in [-0.4, -0.2) is 5.71 Å². The smallest absolute Gasteiger partial charge is 0.0666 e. The van der Waals surface area contributed by atoms with Crippen molar-refractivity contribution in [1.82, 2.24) is 0 Å². The van der Waals surface area contributed by atoms with Gasteiger partial charge in [-0.3, -0.25) is 0 Å². The van der Waals surface area contributed by atoms with E-state index in [1.807, 2.05) is 42.5 Å². The van der Waals surface area contributed by atoms with E-state index in [-0.39, 0.29) is 0 Å². The van der Waals surface area contributed by atoms with E-state index in [9.17, 15) is 0 Å². The Kier molecular flexibility index (Phi) is 2.09. The quantitative estimate of drug-likeness (QED) is 0.611. The molecule has 0 aliphatic heterocycles. The minimum absolute atomic E-state index is 1.01. The molecule has 0 saturated carbocycles. The van der Waals surface area contributed by atoms with Crippen molar-refractivity contribution in [2.24, 2.45) is 4.99 Å². The van der Waals surface area contributed by atoms with Gasteiger partial charge in [-0.15, -0.1) is 0 Å². The highest BCUT2D eigenvalue weighted by atomic mass is 14.7. The first-order chi connectivity index (χ1) is 6.36. The van der Waals surface area contributed by atoms with Crippen molar-refractivity contribution in [3.63, 3.8) is 0 Å². The fourth-order valence-corrected chi connectivity index (χ4v) is 1.27. The fourth-order valence-electron chi connectivity index (χ4n) is 1.27. The van der Waals surface area contributed by atoms with Gasteiger partial charge in [0.25, 0.3) is 0 Å². The van der Waals surface area contributed by atoms with Crippen molar-refractivity contribution < 1.29 is 0 Å². The molecule has 2 rings (SSSR count). The lowest BCUT2D eigenvalue weighted by Gasteiger charge is -1.96. The maximum absolute atomic E-state index is 4.50. The minimum Gasteiger partial charge on any atom is -0.249 e. The second-order valence-corrected chi connectivity index (χ2v) is 3.04. The molecular weight excluding hydrogens is 158 g/mol. The van der Waals surface area contributed by atoms with Crippen molar-refractivity contribution in [2.75, 3.05) is 0 Å². The third kappa shape index (κ3) is 1.75. The van der Waals surface area contributed by atoms with Crippen molar-refractivity contribution in [2.45, 2.75) is 6.92 Å². The summed E-state index contributed by atoms with van der Waals surface area (Å²) in [6.45, 7) is 2.07. The molecular formula is C12H11N. The Balaban J connectivity index is 2.32. The lowest BCUT2D eigenvalue weighted by molar-refractivity contribution is 1.49. The molecule has 1 heteroatoms. The molecule has 13 heavy (non-hydrogen) atoms. The van der Waals surface area contributed by atoms with E-state index < -0.39 is 0 Å². The molecule has 64 valence electrons. The first-order valence-corrected chi connectivity index (χ1v) is 4.35. The maximum atomic E-state index is 4.50. The fraction of sp³-hybridized carbons (Fsp3) is 0.0833. The number of aliphatic imine (C=N–C) groups is 1. The number of para-hydroxylation sites is 1. The van der Waals surface area contributed by atoms with Crippen LogP contribution in [0.15, 0.2) is 59.1 Å². The topological polar surface area (TPSA) is 12.4 Å². The molecule has 0 N–H and O–H groups in total. The Hall–Kier alpha value is -1.63. The Morgan fingerprint density at radius 3 is 2.46 bits per heavy atom. The number of benzene rings is 1. The summed E-state index contributed by atoms with van der Waals surface area (Å²) in [5.41, 5.74) is 3.30. The zero-order chi connectivity index (χ0) is 9.10. The summed E-state index contributed by atoms with van der Waals surface area (Å²) < 4.78 is 0. The number of rotatable bonds is 1. The largest absolute Gasteiger partial charge is 0.249 e. The van der Waals surface area contributed by atoms with Crippen LogP contribution in [-0.2, 0) is 0 Å². The van der Waals surface area contributed by atoms with Crippen LogP contribution in [0.25, 0.3) is 0 Å². The number of hydrogen-bond acceptors (Lipinski definition) is 1. The van der Waals surface area contributed by atoms with Gasteiger partial charge in [0.15, 0.2) is 0 Å². The average Bonchev–Trinajstić information content (AvgIpc) is 2.54. The standard InChI is InChI=1S/C12H11N/c1-10-6-5-9-12(10)13-11-7-3-2-4-8-11/h2-9H,1H3. The maximum Gasteiger partial charge on any atom is 0.0666 e. The van der Waals surface area contributed by atoms with E-state index in [4.69, 9.17) is 0 Å². The third-order valence-corrected chi connectivity index (χ3v) is 2.01. The third-order valence-electron chi connectivity index (χ3n) is 2.01. The van der Waals surface area contributed by atoms with E-state index in [0.717, 1.165) is 11.4 Å². The second-order valence-electron chi connectivity index (χ2n) is 3.04. The molecule has 0 atom stereocenters. The van der Waals surface area contributed by atoms with Gasteiger partial charge in [0, 0.05) is 0 Å². The number of nitrogens with zero attached hydrogens (tertiary/aromatic N) is 1. The predicted molar refractivity (Wildman–Crippen MR) is 56.4 cm³/mol. The van der Waals surface area contributed by atoms with Gasteiger partial charge < -0.3 is 0 Å². The molecule has 0 fully saturated rings. The van der Waals surface area contributed by atoms with E-state index >= 15 is 0 Å². The molecule has 1 aliphatic rings. The molecule has 0 aromatic heterocycles. The van der Waals surface area contributed by atoms with E-state index in [0.29, 0.717) is 0 Å². The Labute approximate surface area is 78.1 Å². The first kappa shape index (κ1) is 7.99. The zero-order valence-corrected chi connectivity index (χ0v) is 7.57. The lowest BCUT2D eigenvalue weighted by atomic mass is 10.2. The monoisotopic (exact) mass is 169 g/mol. The lowest BCUT2D eigenvalue weighted by Crippen LogP contribution is -1.89. The Morgan fingerprint density at radius 1 is 1.08 bits per heavy atom. The highest BCUT2D eigenvalue weighted by Crippen LogP contribution is 2.15. The Bertz CT molecular complexity index is 383. The normalized spacial score (nSPS) is 17.9. The van der Waals surface area contributed by atoms with Crippen LogP contribution < -0.4 is 0 Å². The van der Waals surface area contributed by atoms with Gasteiger partial charge >= 0.3 is 0 Å². The molecule has 0 bridgehead atoms. The van der Waals surface area contributed by atoms with Crippen LogP contribution in [0.1, 0.15) is 6.92 Å². The molecule has 1 nitrogen and oxygen atoms in total. The van der Waals surface area contributed by atoms with Crippen molar-refractivity contribution >= 4 is 11.4 Å². The van der Waals surface area contributed by atoms with Gasteiger partial charge in [-0.25, -0.2) is 4.99 Å². The minimum atomic E-state index is 1.01. The zero-order valence-electron chi connectivity index (χ0n) is 7.57. The summed E-state index contributed by atoms with van der Waals surface area (Å²) in [4.78, 5) is 4.50. The molecule has 0 saturated heterocycles. The van der Waals surface area contributed by atoms with Gasteiger partial charge in [-0.2, -0.15) is 0 Å². The molecule has 0 heterocycles. The van der Waals surface area contributed by atoms with Crippen LogP contribution in [0, 0.1) is 0 Å². The van der Waals surface area contributed by atoms with Gasteiger partial charge in [0.05, 0.1) is 11.4 Å². The highest BCUT2D eigenvalue weighted by Gasteiger charge is 2.01. The van der Waals surface area contributed by atoms with E-state index in [1.165, 1.54) is 5.57 Å². The van der Waals surface area contributed by atoms with Gasteiger partial charge in [-0.05, 0) is 30.7 Å². The van der Waals surface area contributed by atoms with Crippen molar-refractivity contribution in [3.8, 4) is 0 Å². The SMILES string of the molecule is CC1=CC=CC1=Nc1ccccc1. The summed E-state index contributed by atoms with van der Waals surface area (Å²) in [5, 5.41) is 0. The van der Waals surface area contributed by atoms with Crippen LogP contribution in [0.2, 0.25) is 0 Å². The molecule has 1 aliphatic carbocycles.